The van der Waals surface area contributed by atoms with E-state index >= 15 is 0 Å². The molecule has 0 spiro atoms. The predicted molar refractivity (Wildman–Crippen MR) is 70.2 cm³/mol. The van der Waals surface area contributed by atoms with Crippen molar-refractivity contribution >= 4 is 17.6 Å². The Kier molecular flexibility index (Phi) is 4.29. The number of aryl methyl sites for hydroxylation is 1. The zero-order valence-corrected chi connectivity index (χ0v) is 11.9. The maximum Gasteiger partial charge on any atom is 0.308 e. The third-order valence-corrected chi connectivity index (χ3v) is 2.95. The van der Waals surface area contributed by atoms with Crippen molar-refractivity contribution in [2.45, 2.75) is 20.3 Å². The summed E-state index contributed by atoms with van der Waals surface area (Å²) in [6.45, 7) is 3.82. The van der Waals surface area contributed by atoms with Crippen molar-refractivity contribution in [3.8, 4) is 5.95 Å². The van der Waals surface area contributed by atoms with Crippen LogP contribution in [-0.2, 0) is 11.2 Å². The number of hydrogen-bond donors (Lipinski definition) is 0. The Hall–Kier alpha value is -2.01. The van der Waals surface area contributed by atoms with Crippen LogP contribution in [0.15, 0.2) is 22.6 Å². The number of hydrogen-bond acceptors (Lipinski definition) is 5. The largest absolute Gasteiger partial charge is 0.550 e. The lowest BCUT2D eigenvalue weighted by Gasteiger charge is -2.01. The van der Waals surface area contributed by atoms with Crippen LogP contribution in [0.1, 0.15) is 18.5 Å². The van der Waals surface area contributed by atoms with Crippen LogP contribution in [0.2, 0.25) is 5.02 Å². The van der Waals surface area contributed by atoms with Gasteiger partial charge in [0.2, 0.25) is 0 Å². The molecule has 0 N–H and O–H groups in total. The number of halogens is 1. The molecule has 0 unspecified atom stereocenters. The summed E-state index contributed by atoms with van der Waals surface area (Å²) in [7, 11) is 0. The molecule has 0 aromatic carbocycles. The van der Waals surface area contributed by atoms with E-state index in [1.54, 1.807) is 13.8 Å². The summed E-state index contributed by atoms with van der Waals surface area (Å²) in [5, 5.41) is 13.7. The van der Waals surface area contributed by atoms with Gasteiger partial charge in [-0.3, -0.25) is 0 Å². The van der Waals surface area contributed by atoms with E-state index in [2.05, 4.69) is 11.1 Å². The average Bonchev–Trinajstić information content (AvgIpc) is 2.66. The zero-order chi connectivity index (χ0) is 14.7. The molecule has 20 heavy (non-hydrogen) atoms. The van der Waals surface area contributed by atoms with Crippen molar-refractivity contribution in [3.63, 3.8) is 0 Å². The lowest BCUT2D eigenvalue weighted by molar-refractivity contribution is -0.304. The quantitative estimate of drug-likeness (QED) is 0.731. The number of carboxylic acids is 1. The third kappa shape index (κ3) is 3.11. The first-order valence-corrected chi connectivity index (χ1v) is 6.48. The van der Waals surface area contributed by atoms with Crippen LogP contribution < -0.4 is 9.84 Å². The van der Waals surface area contributed by atoms with Crippen molar-refractivity contribution in [2.75, 3.05) is 6.61 Å². The molecule has 0 amide bonds. The van der Waals surface area contributed by atoms with Crippen molar-refractivity contribution in [3.05, 3.63) is 45.2 Å². The Balaban J connectivity index is 0.000000173. The topological polar surface area (TPSA) is 75.4 Å². The van der Waals surface area contributed by atoms with Crippen molar-refractivity contribution in [2.24, 2.45) is 0 Å². The van der Waals surface area contributed by atoms with Gasteiger partial charge in [-0.2, -0.15) is 0 Å². The van der Waals surface area contributed by atoms with Crippen molar-refractivity contribution in [1.29, 1.82) is 0 Å². The second-order valence-corrected chi connectivity index (χ2v) is 4.55. The molecule has 0 radical (unpaired) electrons. The first-order chi connectivity index (χ1) is 9.51. The number of carbonyl (C=O) groups is 1. The number of aliphatic carboxylic acids is 1. The van der Waals surface area contributed by atoms with Crippen LogP contribution in [0.4, 0.5) is 0 Å². The maximum absolute atomic E-state index is 10.3. The number of ether oxygens (including phenoxy) is 1. The van der Waals surface area contributed by atoms with Gasteiger partial charge in [0.05, 0.1) is 6.61 Å². The smallest absolute Gasteiger partial charge is 0.308 e. The number of benzene rings is 1. The molecule has 3 rings (SSSR count). The lowest BCUT2D eigenvalue weighted by Crippen LogP contribution is -2.24. The van der Waals surface area contributed by atoms with Crippen LogP contribution in [0.5, 0.6) is 5.95 Å². The zero-order valence-electron chi connectivity index (χ0n) is 11.1. The number of carboxylic acid groups (broad SMARTS) is 1. The van der Waals surface area contributed by atoms with Gasteiger partial charge < -0.3 is 19.1 Å². The molecule has 0 fully saturated rings. The molecule has 1 heterocycles. The second kappa shape index (κ2) is 5.96. The van der Waals surface area contributed by atoms with E-state index in [0.717, 1.165) is 5.02 Å². The number of carbonyl (C=O) groups excluding carboxylic acids is 1. The van der Waals surface area contributed by atoms with Crippen LogP contribution in [0, 0.1) is 17.4 Å². The molecule has 1 aromatic rings. The lowest BCUT2D eigenvalue weighted by atomic mass is 10.1. The summed E-state index contributed by atoms with van der Waals surface area (Å²) in [6.07, 6.45) is -0.285. The van der Waals surface area contributed by atoms with Crippen LogP contribution in [0.3, 0.4) is 0 Å². The molecule has 6 heteroatoms. The normalized spacial score (nSPS) is 10.6. The predicted octanol–water partition coefficient (Wildman–Crippen LogP) is 1.61. The molecule has 2 aliphatic rings. The molecule has 0 aliphatic heterocycles. The summed E-state index contributed by atoms with van der Waals surface area (Å²) < 4.78 is 10.1. The third-order valence-electron chi connectivity index (χ3n) is 2.64. The highest BCUT2D eigenvalue weighted by molar-refractivity contribution is 6.31. The van der Waals surface area contributed by atoms with Gasteiger partial charge in [0, 0.05) is 29.6 Å². The maximum atomic E-state index is 10.3. The standard InChI is InChI=1S/C8H11NO4.C6H3Cl/c1-3-12-8-6(4-7(10)11)9-5(2)13-8;7-6-3-4-1-2-5(4)6/h3-4H2,1-2H3,(H,10,11);1-3H/p-1. The molecule has 0 bridgehead atoms. The first kappa shape index (κ1) is 14.4. The van der Waals surface area contributed by atoms with Gasteiger partial charge >= 0.3 is 5.95 Å². The minimum absolute atomic E-state index is 0.171. The average molecular weight is 295 g/mol. The van der Waals surface area contributed by atoms with E-state index in [0.29, 0.717) is 12.5 Å². The van der Waals surface area contributed by atoms with Gasteiger partial charge in [-0.15, -0.1) is 0 Å². The molecule has 106 valence electrons. The number of nitrogens with zero attached hydrogens (tertiary/aromatic N) is 1. The van der Waals surface area contributed by atoms with E-state index in [9.17, 15) is 9.90 Å². The number of oxazole rings is 1. The van der Waals surface area contributed by atoms with E-state index in [-0.39, 0.29) is 18.1 Å². The molecule has 2 aliphatic carbocycles. The Morgan fingerprint density at radius 3 is 2.60 bits per heavy atom. The van der Waals surface area contributed by atoms with E-state index < -0.39 is 5.97 Å². The molecule has 0 atom stereocenters. The molecular formula is C14H13ClNO4-. The summed E-state index contributed by atoms with van der Waals surface area (Å²) in [5.41, 5.74) is 0.277. The molecule has 0 saturated carbocycles. The van der Waals surface area contributed by atoms with Gasteiger partial charge in [0.25, 0.3) is 0 Å². The highest BCUT2D eigenvalue weighted by Gasteiger charge is 2.11. The summed E-state index contributed by atoms with van der Waals surface area (Å²) in [4.78, 5) is 14.1. The summed E-state index contributed by atoms with van der Waals surface area (Å²) in [6, 6.07) is 6.05. The minimum Gasteiger partial charge on any atom is -0.550 e. The van der Waals surface area contributed by atoms with Crippen molar-refractivity contribution in [1.82, 2.24) is 4.98 Å². The highest BCUT2D eigenvalue weighted by atomic mass is 35.5. The Bertz CT molecular complexity index is 723. The number of rotatable bonds is 4. The van der Waals surface area contributed by atoms with Gasteiger partial charge in [0.1, 0.15) is 5.69 Å². The minimum atomic E-state index is -1.20. The van der Waals surface area contributed by atoms with Crippen LogP contribution in [0.25, 0.3) is 0 Å². The van der Waals surface area contributed by atoms with Crippen LogP contribution >= 0.6 is 11.6 Å². The SMILES string of the molecule is CCOc1oc(C)nc1CC(=O)[O-].Clc1cc2ccc1=2. The fourth-order valence-corrected chi connectivity index (χ4v) is 1.98. The van der Waals surface area contributed by atoms with Gasteiger partial charge in [-0.25, -0.2) is 4.98 Å². The Labute approximate surface area is 120 Å². The number of aromatic nitrogens is 1. The van der Waals surface area contributed by atoms with E-state index in [4.69, 9.17) is 20.8 Å². The Morgan fingerprint density at radius 1 is 1.50 bits per heavy atom. The summed E-state index contributed by atoms with van der Waals surface area (Å²) >= 11 is 5.60. The summed E-state index contributed by atoms with van der Waals surface area (Å²) in [5.74, 6) is -0.641. The van der Waals surface area contributed by atoms with Gasteiger partial charge in [-0.05, 0) is 18.2 Å². The fourth-order valence-electron chi connectivity index (χ4n) is 1.69. The van der Waals surface area contributed by atoms with E-state index in [1.807, 2.05) is 12.1 Å². The molecule has 5 nitrogen and oxygen atoms in total. The fraction of sp³-hybridized carbons (Fsp3) is 0.286. The van der Waals surface area contributed by atoms with Gasteiger partial charge in [0.15, 0.2) is 5.89 Å². The Morgan fingerprint density at radius 2 is 2.25 bits per heavy atom. The second-order valence-electron chi connectivity index (χ2n) is 4.14. The van der Waals surface area contributed by atoms with Crippen LogP contribution in [-0.4, -0.2) is 17.6 Å². The molecule has 1 aromatic heterocycles. The molecular weight excluding hydrogens is 282 g/mol. The van der Waals surface area contributed by atoms with E-state index in [1.165, 1.54) is 10.4 Å². The van der Waals surface area contributed by atoms with Gasteiger partial charge in [-0.1, -0.05) is 23.7 Å². The first-order valence-electron chi connectivity index (χ1n) is 6.10. The highest BCUT2D eigenvalue weighted by Crippen LogP contribution is 2.20. The molecule has 0 saturated heterocycles. The monoisotopic (exact) mass is 294 g/mol. The van der Waals surface area contributed by atoms with Crippen molar-refractivity contribution < 1.29 is 19.1 Å².